The number of nitrogens with two attached hydrogens (primary N) is 1. The van der Waals surface area contributed by atoms with Crippen LogP contribution in [-0.4, -0.2) is 24.2 Å². The number of rotatable bonds is 5. The van der Waals surface area contributed by atoms with Crippen LogP contribution in [0.2, 0.25) is 0 Å². The van der Waals surface area contributed by atoms with Gasteiger partial charge in [0.1, 0.15) is 5.82 Å². The van der Waals surface area contributed by atoms with Crippen molar-refractivity contribution in [1.82, 2.24) is 9.97 Å². The summed E-state index contributed by atoms with van der Waals surface area (Å²) in [6.45, 7) is 4.00. The quantitative estimate of drug-likeness (QED) is 0.649. The summed E-state index contributed by atoms with van der Waals surface area (Å²) < 4.78 is 10.6. The average molecular weight is 288 g/mol. The minimum Gasteiger partial charge on any atom is -0.493 e. The fraction of sp³-hybridized carbons (Fsp3) is 0.333. The zero-order valence-electron chi connectivity index (χ0n) is 12.7. The zero-order valence-corrected chi connectivity index (χ0v) is 12.7. The van der Waals surface area contributed by atoms with E-state index in [9.17, 15) is 0 Å². The second-order valence-electron chi connectivity index (χ2n) is 4.54. The number of ether oxygens (including phenoxy) is 2. The van der Waals surface area contributed by atoms with Crippen LogP contribution in [0.1, 0.15) is 18.2 Å². The molecule has 0 unspecified atom stereocenters. The van der Waals surface area contributed by atoms with Crippen LogP contribution < -0.4 is 20.7 Å². The predicted octanol–water partition coefficient (Wildman–Crippen LogP) is 2.32. The summed E-state index contributed by atoms with van der Waals surface area (Å²) in [5.74, 6) is 8.08. The molecule has 0 aliphatic rings. The molecule has 0 atom stereocenters. The molecule has 0 aliphatic carbocycles. The summed E-state index contributed by atoms with van der Waals surface area (Å²) in [7, 11) is 3.20. The molecule has 0 amide bonds. The van der Waals surface area contributed by atoms with Gasteiger partial charge < -0.3 is 14.9 Å². The van der Waals surface area contributed by atoms with Crippen LogP contribution in [0.5, 0.6) is 11.5 Å². The molecule has 0 fully saturated rings. The minimum absolute atomic E-state index is 0.603. The maximum absolute atomic E-state index is 5.54. The Bertz CT molecular complexity index is 619. The van der Waals surface area contributed by atoms with Crippen LogP contribution in [0.4, 0.5) is 5.82 Å². The maximum Gasteiger partial charge on any atom is 0.161 e. The topological polar surface area (TPSA) is 82.3 Å². The molecule has 2 aromatic rings. The Kier molecular flexibility index (Phi) is 4.59. The van der Waals surface area contributed by atoms with E-state index in [1.165, 1.54) is 0 Å². The van der Waals surface area contributed by atoms with Crippen LogP contribution in [0.3, 0.4) is 0 Å². The molecule has 0 aliphatic heterocycles. The Morgan fingerprint density at radius 2 is 1.86 bits per heavy atom. The molecule has 0 radical (unpaired) electrons. The van der Waals surface area contributed by atoms with E-state index in [2.05, 4.69) is 15.4 Å². The molecule has 0 bridgehead atoms. The van der Waals surface area contributed by atoms with Crippen molar-refractivity contribution in [3.05, 3.63) is 29.5 Å². The number of hydrogen-bond donors (Lipinski definition) is 2. The fourth-order valence-corrected chi connectivity index (χ4v) is 2.15. The molecule has 1 aromatic heterocycles. The lowest BCUT2D eigenvalue weighted by Crippen LogP contribution is -2.13. The second kappa shape index (κ2) is 6.41. The van der Waals surface area contributed by atoms with Gasteiger partial charge in [0.05, 0.1) is 14.2 Å². The highest BCUT2D eigenvalue weighted by Gasteiger charge is 2.12. The third kappa shape index (κ3) is 2.90. The number of aryl methyl sites for hydroxylation is 1. The molecule has 21 heavy (non-hydrogen) atoms. The highest BCUT2D eigenvalue weighted by molar-refractivity contribution is 5.63. The molecular formula is C15H20N4O2. The molecule has 6 nitrogen and oxygen atoms in total. The molecule has 0 saturated carbocycles. The molecule has 112 valence electrons. The highest BCUT2D eigenvalue weighted by Crippen LogP contribution is 2.32. The monoisotopic (exact) mass is 288 g/mol. The van der Waals surface area contributed by atoms with Gasteiger partial charge in [-0.1, -0.05) is 6.92 Å². The zero-order chi connectivity index (χ0) is 15.4. The van der Waals surface area contributed by atoms with Crippen molar-refractivity contribution in [1.29, 1.82) is 0 Å². The third-order valence-corrected chi connectivity index (χ3v) is 3.36. The smallest absolute Gasteiger partial charge is 0.161 e. The van der Waals surface area contributed by atoms with Gasteiger partial charge in [0.15, 0.2) is 17.3 Å². The molecule has 2 rings (SSSR count). The summed E-state index contributed by atoms with van der Waals surface area (Å²) in [6, 6.07) is 5.58. The number of benzene rings is 1. The number of nitrogens with one attached hydrogen (secondary N) is 1. The first-order chi connectivity index (χ1) is 10.1. The largest absolute Gasteiger partial charge is 0.493 e. The summed E-state index contributed by atoms with van der Waals surface area (Å²) in [4.78, 5) is 9.05. The van der Waals surface area contributed by atoms with Crippen LogP contribution in [-0.2, 0) is 6.42 Å². The van der Waals surface area contributed by atoms with Crippen molar-refractivity contribution in [3.8, 4) is 22.9 Å². The molecular weight excluding hydrogens is 268 g/mol. The molecule has 0 spiro atoms. The van der Waals surface area contributed by atoms with E-state index in [1.54, 1.807) is 14.2 Å². The first kappa shape index (κ1) is 15.1. The number of nitrogens with zero attached hydrogens (tertiary/aromatic N) is 2. The standard InChI is InChI=1S/C15H20N4O2/c1-5-11-9(2)14(19-16)18-15(17-11)10-6-7-12(20-3)13(8-10)21-4/h6-8H,5,16H2,1-4H3,(H,17,18,19). The van der Waals surface area contributed by atoms with Crippen molar-refractivity contribution in [2.24, 2.45) is 5.84 Å². The first-order valence-corrected chi connectivity index (χ1v) is 6.71. The average Bonchev–Trinajstić information content (AvgIpc) is 2.54. The molecule has 1 heterocycles. The van der Waals surface area contributed by atoms with Crippen LogP contribution in [0, 0.1) is 6.92 Å². The van der Waals surface area contributed by atoms with E-state index in [1.807, 2.05) is 32.0 Å². The van der Waals surface area contributed by atoms with Crippen molar-refractivity contribution < 1.29 is 9.47 Å². The van der Waals surface area contributed by atoms with Gasteiger partial charge in [0, 0.05) is 16.8 Å². The Morgan fingerprint density at radius 3 is 2.43 bits per heavy atom. The van der Waals surface area contributed by atoms with Crippen molar-refractivity contribution in [2.45, 2.75) is 20.3 Å². The maximum atomic E-state index is 5.54. The SMILES string of the molecule is CCc1nc(-c2ccc(OC)c(OC)c2)nc(NN)c1C. The lowest BCUT2D eigenvalue weighted by atomic mass is 10.1. The van der Waals surface area contributed by atoms with Crippen molar-refractivity contribution >= 4 is 5.82 Å². The van der Waals surface area contributed by atoms with E-state index in [0.29, 0.717) is 23.1 Å². The lowest BCUT2D eigenvalue weighted by Gasteiger charge is -2.12. The minimum atomic E-state index is 0.603. The molecule has 0 saturated heterocycles. The second-order valence-corrected chi connectivity index (χ2v) is 4.54. The van der Waals surface area contributed by atoms with Gasteiger partial charge in [-0.25, -0.2) is 15.8 Å². The Morgan fingerprint density at radius 1 is 1.14 bits per heavy atom. The normalized spacial score (nSPS) is 10.3. The van der Waals surface area contributed by atoms with Gasteiger partial charge in [-0.15, -0.1) is 0 Å². The Hall–Kier alpha value is -2.34. The molecule has 6 heteroatoms. The summed E-state index contributed by atoms with van der Waals surface area (Å²) in [6.07, 6.45) is 0.809. The van der Waals surface area contributed by atoms with E-state index >= 15 is 0 Å². The van der Waals surface area contributed by atoms with Gasteiger partial charge in [0.2, 0.25) is 0 Å². The van der Waals surface area contributed by atoms with Gasteiger partial charge in [-0.05, 0) is 31.5 Å². The number of hydrogen-bond acceptors (Lipinski definition) is 6. The number of anilines is 1. The Balaban J connectivity index is 2.56. The summed E-state index contributed by atoms with van der Waals surface area (Å²) >= 11 is 0. The van der Waals surface area contributed by atoms with Crippen LogP contribution in [0.15, 0.2) is 18.2 Å². The predicted molar refractivity (Wildman–Crippen MR) is 82.5 cm³/mol. The van der Waals surface area contributed by atoms with E-state index < -0.39 is 0 Å². The fourth-order valence-electron chi connectivity index (χ4n) is 2.15. The van der Waals surface area contributed by atoms with Crippen LogP contribution >= 0.6 is 0 Å². The lowest BCUT2D eigenvalue weighted by molar-refractivity contribution is 0.355. The van der Waals surface area contributed by atoms with E-state index in [0.717, 1.165) is 23.2 Å². The van der Waals surface area contributed by atoms with Crippen LogP contribution in [0.25, 0.3) is 11.4 Å². The van der Waals surface area contributed by atoms with Crippen molar-refractivity contribution in [2.75, 3.05) is 19.6 Å². The van der Waals surface area contributed by atoms with Gasteiger partial charge in [-0.2, -0.15) is 0 Å². The van der Waals surface area contributed by atoms with Crippen molar-refractivity contribution in [3.63, 3.8) is 0 Å². The highest BCUT2D eigenvalue weighted by atomic mass is 16.5. The Labute approximate surface area is 124 Å². The number of aromatic nitrogens is 2. The van der Waals surface area contributed by atoms with E-state index in [4.69, 9.17) is 15.3 Å². The van der Waals surface area contributed by atoms with Gasteiger partial charge >= 0.3 is 0 Å². The van der Waals surface area contributed by atoms with Gasteiger partial charge in [0.25, 0.3) is 0 Å². The van der Waals surface area contributed by atoms with E-state index in [-0.39, 0.29) is 0 Å². The summed E-state index contributed by atoms with van der Waals surface area (Å²) in [5, 5.41) is 0. The molecule has 3 N–H and O–H groups in total. The third-order valence-electron chi connectivity index (χ3n) is 3.36. The number of nitrogen functional groups attached to an aromatic ring is 1. The van der Waals surface area contributed by atoms with Gasteiger partial charge in [-0.3, -0.25) is 0 Å². The number of hydrazine groups is 1. The number of methoxy groups -OCH3 is 2. The first-order valence-electron chi connectivity index (χ1n) is 6.71. The summed E-state index contributed by atoms with van der Waals surface area (Å²) in [5.41, 5.74) is 5.39. The molecule has 1 aromatic carbocycles.